The van der Waals surface area contributed by atoms with Crippen molar-refractivity contribution < 1.29 is 22.4 Å². The Bertz CT molecular complexity index is 1090. The first-order valence-corrected chi connectivity index (χ1v) is 12.4. The van der Waals surface area contributed by atoms with Gasteiger partial charge in [-0.2, -0.15) is 4.31 Å². The number of benzene rings is 1. The van der Waals surface area contributed by atoms with E-state index in [1.54, 1.807) is 41.0 Å². The number of amides is 2. The van der Waals surface area contributed by atoms with E-state index >= 15 is 0 Å². The SMILES string of the molecule is Cc1ccc(S(=O)(=O)N2CCN(C(=O)C3CCCCN3C(=O)c3ccco3)CC2)c(C)c1. The van der Waals surface area contributed by atoms with Crippen molar-refractivity contribution in [3.63, 3.8) is 0 Å². The molecule has 2 aliphatic heterocycles. The summed E-state index contributed by atoms with van der Waals surface area (Å²) in [7, 11) is -3.62. The molecule has 1 unspecified atom stereocenters. The molecular formula is C23H29N3O5S. The Morgan fingerprint density at radius 2 is 1.75 bits per heavy atom. The van der Waals surface area contributed by atoms with Crippen LogP contribution in [-0.2, 0) is 14.8 Å². The second-order valence-electron chi connectivity index (χ2n) is 8.49. The zero-order valence-electron chi connectivity index (χ0n) is 18.5. The average molecular weight is 460 g/mol. The molecule has 0 spiro atoms. The van der Waals surface area contributed by atoms with Crippen LogP contribution in [0.5, 0.6) is 0 Å². The summed E-state index contributed by atoms with van der Waals surface area (Å²) in [4.78, 5) is 29.7. The number of piperazine rings is 1. The lowest BCUT2D eigenvalue weighted by Gasteiger charge is -2.40. The van der Waals surface area contributed by atoms with Crippen molar-refractivity contribution in [2.24, 2.45) is 0 Å². The van der Waals surface area contributed by atoms with Crippen LogP contribution in [0.15, 0.2) is 45.9 Å². The van der Waals surface area contributed by atoms with Crippen molar-refractivity contribution in [3.8, 4) is 0 Å². The van der Waals surface area contributed by atoms with Crippen molar-refractivity contribution in [1.82, 2.24) is 14.1 Å². The first-order chi connectivity index (χ1) is 15.3. The molecule has 0 bridgehead atoms. The van der Waals surface area contributed by atoms with Crippen LogP contribution in [0.3, 0.4) is 0 Å². The minimum absolute atomic E-state index is 0.117. The highest BCUT2D eigenvalue weighted by Gasteiger charge is 2.38. The van der Waals surface area contributed by atoms with E-state index in [0.29, 0.717) is 31.0 Å². The molecule has 0 radical (unpaired) electrons. The van der Waals surface area contributed by atoms with Crippen LogP contribution in [0.1, 0.15) is 40.9 Å². The number of likely N-dealkylation sites (tertiary alicyclic amines) is 1. The van der Waals surface area contributed by atoms with Crippen LogP contribution in [0, 0.1) is 13.8 Å². The zero-order chi connectivity index (χ0) is 22.9. The Kier molecular flexibility index (Phi) is 6.39. The maximum absolute atomic E-state index is 13.3. The van der Waals surface area contributed by atoms with Crippen LogP contribution in [0.25, 0.3) is 0 Å². The van der Waals surface area contributed by atoms with Crippen molar-refractivity contribution in [2.45, 2.75) is 44.0 Å². The third-order valence-electron chi connectivity index (χ3n) is 6.28. The lowest BCUT2D eigenvalue weighted by atomic mass is 10.00. The molecule has 8 nitrogen and oxygen atoms in total. The van der Waals surface area contributed by atoms with Crippen LogP contribution < -0.4 is 0 Å². The zero-order valence-corrected chi connectivity index (χ0v) is 19.3. The van der Waals surface area contributed by atoms with Gasteiger partial charge in [0, 0.05) is 32.7 Å². The maximum atomic E-state index is 13.3. The van der Waals surface area contributed by atoms with Crippen LogP contribution in [-0.4, -0.2) is 73.1 Å². The standard InChI is InChI=1S/C23H29N3O5S/c1-17-8-9-21(18(2)16-17)32(29,30)25-13-11-24(12-14-25)22(27)19-6-3-4-10-26(19)23(28)20-7-5-15-31-20/h5,7-9,15-16,19H,3-4,6,10-14H2,1-2H3. The first kappa shape index (κ1) is 22.5. The molecule has 3 heterocycles. The summed E-state index contributed by atoms with van der Waals surface area (Å²) in [6.45, 7) is 5.33. The number of hydrogen-bond donors (Lipinski definition) is 0. The largest absolute Gasteiger partial charge is 0.459 e. The molecule has 1 aromatic heterocycles. The van der Waals surface area contributed by atoms with E-state index < -0.39 is 16.1 Å². The molecule has 0 aliphatic carbocycles. The second kappa shape index (κ2) is 9.07. The van der Waals surface area contributed by atoms with Gasteiger partial charge in [0.05, 0.1) is 11.2 Å². The van der Waals surface area contributed by atoms with Crippen molar-refractivity contribution >= 4 is 21.8 Å². The molecule has 0 N–H and O–H groups in total. The highest BCUT2D eigenvalue weighted by Crippen LogP contribution is 2.25. The summed E-state index contributed by atoms with van der Waals surface area (Å²) in [5, 5.41) is 0. The third kappa shape index (κ3) is 4.31. The van der Waals surface area contributed by atoms with Gasteiger partial charge in [-0.1, -0.05) is 17.7 Å². The number of carbonyl (C=O) groups excluding carboxylic acids is 2. The van der Waals surface area contributed by atoms with Gasteiger partial charge in [0.2, 0.25) is 15.9 Å². The number of carbonyl (C=O) groups is 2. The van der Waals surface area contributed by atoms with Crippen LogP contribution in [0.4, 0.5) is 0 Å². The minimum atomic E-state index is -3.62. The Labute approximate surface area is 188 Å². The maximum Gasteiger partial charge on any atom is 0.290 e. The van der Waals surface area contributed by atoms with Crippen molar-refractivity contribution in [3.05, 3.63) is 53.5 Å². The number of sulfonamides is 1. The van der Waals surface area contributed by atoms with E-state index in [2.05, 4.69) is 0 Å². The lowest BCUT2D eigenvalue weighted by Crippen LogP contribution is -2.57. The molecule has 2 amide bonds. The predicted octanol–water partition coefficient (Wildman–Crippen LogP) is 2.42. The van der Waals surface area contributed by atoms with E-state index in [1.165, 1.54) is 10.6 Å². The monoisotopic (exact) mass is 459 g/mol. The van der Waals surface area contributed by atoms with Gasteiger partial charge in [-0.3, -0.25) is 9.59 Å². The van der Waals surface area contributed by atoms with Gasteiger partial charge < -0.3 is 14.2 Å². The summed E-state index contributed by atoms with van der Waals surface area (Å²) in [5.41, 5.74) is 1.73. The highest BCUT2D eigenvalue weighted by molar-refractivity contribution is 7.89. The summed E-state index contributed by atoms with van der Waals surface area (Å²) in [6.07, 6.45) is 3.77. The average Bonchev–Trinajstić information content (AvgIpc) is 3.33. The van der Waals surface area contributed by atoms with Crippen molar-refractivity contribution in [2.75, 3.05) is 32.7 Å². The number of hydrogen-bond acceptors (Lipinski definition) is 5. The Balaban J connectivity index is 1.44. The molecule has 4 rings (SSSR count). The van der Waals surface area contributed by atoms with Crippen molar-refractivity contribution in [1.29, 1.82) is 0 Å². The van der Waals surface area contributed by atoms with Gasteiger partial charge >= 0.3 is 0 Å². The van der Waals surface area contributed by atoms with E-state index in [0.717, 1.165) is 24.0 Å². The molecule has 9 heteroatoms. The molecule has 1 aromatic carbocycles. The topological polar surface area (TPSA) is 91.1 Å². The summed E-state index contributed by atoms with van der Waals surface area (Å²) in [6, 6.07) is 8.04. The fourth-order valence-corrected chi connectivity index (χ4v) is 6.19. The van der Waals surface area contributed by atoms with Gasteiger partial charge in [0.1, 0.15) is 6.04 Å². The molecular weight excluding hydrogens is 430 g/mol. The number of rotatable bonds is 4. The molecule has 0 saturated carbocycles. The Morgan fingerprint density at radius 1 is 1.00 bits per heavy atom. The molecule has 2 fully saturated rings. The normalized spacial score (nSPS) is 20.4. The third-order valence-corrected chi connectivity index (χ3v) is 8.34. The molecule has 2 aliphatic rings. The molecule has 2 aromatic rings. The molecule has 32 heavy (non-hydrogen) atoms. The van der Waals surface area contributed by atoms with Gasteiger partial charge in [-0.25, -0.2) is 8.42 Å². The molecule has 1 atom stereocenters. The smallest absolute Gasteiger partial charge is 0.290 e. The number of nitrogens with zero attached hydrogens (tertiary/aromatic N) is 3. The van der Waals surface area contributed by atoms with E-state index in [4.69, 9.17) is 4.42 Å². The second-order valence-corrected chi connectivity index (χ2v) is 10.4. The summed E-state index contributed by atoms with van der Waals surface area (Å²) in [5.74, 6) is -0.161. The molecule has 172 valence electrons. The highest BCUT2D eigenvalue weighted by atomic mass is 32.2. The number of furan rings is 1. The number of piperidine rings is 1. The van der Waals surface area contributed by atoms with Crippen LogP contribution >= 0.6 is 0 Å². The lowest BCUT2D eigenvalue weighted by molar-refractivity contribution is -0.138. The minimum Gasteiger partial charge on any atom is -0.459 e. The van der Waals surface area contributed by atoms with Gasteiger partial charge in [0.15, 0.2) is 5.76 Å². The van der Waals surface area contributed by atoms with Gasteiger partial charge in [0.25, 0.3) is 5.91 Å². The van der Waals surface area contributed by atoms with Crippen LogP contribution in [0.2, 0.25) is 0 Å². The summed E-state index contributed by atoms with van der Waals surface area (Å²) >= 11 is 0. The molecule has 2 saturated heterocycles. The number of aryl methyl sites for hydroxylation is 2. The van der Waals surface area contributed by atoms with Gasteiger partial charge in [-0.05, 0) is 56.9 Å². The van der Waals surface area contributed by atoms with E-state index in [1.807, 2.05) is 13.0 Å². The van der Waals surface area contributed by atoms with Gasteiger partial charge in [-0.15, -0.1) is 0 Å². The summed E-state index contributed by atoms with van der Waals surface area (Å²) < 4.78 is 32.9. The first-order valence-electron chi connectivity index (χ1n) is 11.0. The predicted molar refractivity (Wildman–Crippen MR) is 119 cm³/mol. The Hall–Kier alpha value is -2.65. The Morgan fingerprint density at radius 3 is 2.41 bits per heavy atom. The van der Waals surface area contributed by atoms with E-state index in [9.17, 15) is 18.0 Å². The quantitative estimate of drug-likeness (QED) is 0.700. The van der Waals surface area contributed by atoms with E-state index in [-0.39, 0.29) is 30.7 Å². The fourth-order valence-electron chi connectivity index (χ4n) is 4.56. The fraction of sp³-hybridized carbons (Fsp3) is 0.478.